The molecule has 0 amide bonds. The van der Waals surface area contributed by atoms with Crippen molar-refractivity contribution in [2.75, 3.05) is 7.11 Å². The highest BCUT2D eigenvalue weighted by Gasteiger charge is 2.27. The zero-order valence-corrected chi connectivity index (χ0v) is 11.5. The maximum atomic E-state index is 11.6. The highest BCUT2D eigenvalue weighted by atomic mass is 32.1. The van der Waals surface area contributed by atoms with Crippen LogP contribution in [0.3, 0.4) is 0 Å². The quantitative estimate of drug-likeness (QED) is 0.801. The number of carbonyl (C=O) groups is 1. The average Bonchev–Trinajstić information content (AvgIpc) is 3.05. The Labute approximate surface area is 115 Å². The monoisotopic (exact) mass is 277 g/mol. The maximum Gasteiger partial charge on any atom is 0.310 e. The summed E-state index contributed by atoms with van der Waals surface area (Å²) < 4.78 is 6.65. The van der Waals surface area contributed by atoms with Gasteiger partial charge >= 0.3 is 5.97 Å². The van der Waals surface area contributed by atoms with Gasteiger partial charge in [0.15, 0.2) is 5.82 Å². The number of hydrogen-bond donors (Lipinski definition) is 0. The van der Waals surface area contributed by atoms with Crippen LogP contribution in [0.2, 0.25) is 0 Å². The molecule has 2 aromatic heterocycles. The predicted octanol–water partition coefficient (Wildman–Crippen LogP) is 1.67. The lowest BCUT2D eigenvalue weighted by molar-refractivity contribution is -0.146. The van der Waals surface area contributed by atoms with E-state index >= 15 is 0 Å². The Balaban J connectivity index is 1.75. The molecule has 2 aromatic rings. The zero-order valence-electron chi connectivity index (χ0n) is 10.7. The number of aryl methyl sites for hydroxylation is 1. The molecule has 3 rings (SSSR count). The second kappa shape index (κ2) is 5.13. The fourth-order valence-electron chi connectivity index (χ4n) is 2.36. The summed E-state index contributed by atoms with van der Waals surface area (Å²) in [4.78, 5) is 17.4. The normalized spacial score (nSPS) is 18.1. The van der Waals surface area contributed by atoms with Gasteiger partial charge < -0.3 is 4.74 Å². The minimum Gasteiger partial charge on any atom is -0.469 e. The van der Waals surface area contributed by atoms with Crippen LogP contribution in [0.25, 0.3) is 0 Å². The Kier molecular flexibility index (Phi) is 3.33. The fraction of sp³-hybridized carbons (Fsp3) is 0.462. The van der Waals surface area contributed by atoms with Gasteiger partial charge in [-0.1, -0.05) is 6.07 Å². The number of methoxy groups -OCH3 is 1. The highest BCUT2D eigenvalue weighted by Crippen LogP contribution is 2.21. The average molecular weight is 277 g/mol. The van der Waals surface area contributed by atoms with Gasteiger partial charge in [-0.15, -0.1) is 11.3 Å². The Bertz CT molecular complexity index is 577. The van der Waals surface area contributed by atoms with Gasteiger partial charge in [0, 0.05) is 17.7 Å². The molecule has 0 radical (unpaired) electrons. The number of fused-ring (bicyclic) bond motifs is 1. The lowest BCUT2D eigenvalue weighted by atomic mass is 10.0. The van der Waals surface area contributed by atoms with Gasteiger partial charge in [-0.25, -0.2) is 9.67 Å². The molecular weight excluding hydrogens is 262 g/mol. The maximum absolute atomic E-state index is 11.6. The minimum absolute atomic E-state index is 0.0891. The lowest BCUT2D eigenvalue weighted by Gasteiger charge is -2.19. The first kappa shape index (κ1) is 12.3. The number of aromatic nitrogens is 3. The van der Waals surface area contributed by atoms with E-state index in [1.165, 1.54) is 12.0 Å². The lowest BCUT2D eigenvalue weighted by Crippen LogP contribution is -2.28. The molecule has 1 aliphatic heterocycles. The summed E-state index contributed by atoms with van der Waals surface area (Å²) in [6, 6.07) is 4.12. The second-order valence-corrected chi connectivity index (χ2v) is 5.67. The van der Waals surface area contributed by atoms with Crippen molar-refractivity contribution in [2.24, 2.45) is 5.92 Å². The number of thiophene rings is 1. The van der Waals surface area contributed by atoms with Gasteiger partial charge in [0.05, 0.1) is 19.6 Å². The molecule has 1 unspecified atom stereocenters. The summed E-state index contributed by atoms with van der Waals surface area (Å²) >= 11 is 1.71. The number of hydrogen-bond acceptors (Lipinski definition) is 5. The molecule has 0 aromatic carbocycles. The van der Waals surface area contributed by atoms with Gasteiger partial charge in [-0.2, -0.15) is 5.10 Å². The van der Waals surface area contributed by atoms with Crippen LogP contribution in [0, 0.1) is 5.92 Å². The third-order valence-corrected chi connectivity index (χ3v) is 4.23. The van der Waals surface area contributed by atoms with Crippen LogP contribution >= 0.6 is 11.3 Å². The Morgan fingerprint density at radius 1 is 1.63 bits per heavy atom. The van der Waals surface area contributed by atoms with E-state index in [1.54, 1.807) is 11.3 Å². The van der Waals surface area contributed by atoms with Crippen molar-refractivity contribution in [2.45, 2.75) is 25.8 Å². The van der Waals surface area contributed by atoms with Crippen molar-refractivity contribution in [3.05, 3.63) is 34.0 Å². The first-order chi connectivity index (χ1) is 9.26. The van der Waals surface area contributed by atoms with E-state index in [0.29, 0.717) is 6.54 Å². The van der Waals surface area contributed by atoms with E-state index in [0.717, 1.165) is 30.9 Å². The molecule has 3 heterocycles. The van der Waals surface area contributed by atoms with Crippen molar-refractivity contribution in [1.82, 2.24) is 14.8 Å². The SMILES string of the molecule is COC(=O)C1CCc2nc(Cc3cccs3)nn2C1. The standard InChI is InChI=1S/C13H15N3O2S/c1-18-13(17)9-4-5-12-14-11(15-16(12)8-9)7-10-3-2-6-19-10/h2-3,6,9H,4-5,7-8H2,1H3. The molecule has 100 valence electrons. The third kappa shape index (κ3) is 2.53. The molecule has 1 aliphatic rings. The molecule has 0 saturated carbocycles. The fourth-order valence-corrected chi connectivity index (χ4v) is 3.07. The summed E-state index contributed by atoms with van der Waals surface area (Å²) in [7, 11) is 1.43. The summed E-state index contributed by atoms with van der Waals surface area (Å²) in [6.07, 6.45) is 2.35. The predicted molar refractivity (Wildman–Crippen MR) is 71.0 cm³/mol. The summed E-state index contributed by atoms with van der Waals surface area (Å²) in [5.74, 6) is 1.57. The molecule has 1 atom stereocenters. The molecule has 5 nitrogen and oxygen atoms in total. The van der Waals surface area contributed by atoms with Gasteiger partial charge in [0.1, 0.15) is 5.82 Å². The molecule has 0 bridgehead atoms. The summed E-state index contributed by atoms with van der Waals surface area (Å²) in [5, 5.41) is 6.55. The molecule has 0 N–H and O–H groups in total. The van der Waals surface area contributed by atoms with E-state index in [9.17, 15) is 4.79 Å². The number of rotatable bonds is 3. The smallest absolute Gasteiger partial charge is 0.310 e. The third-order valence-electron chi connectivity index (χ3n) is 3.35. The van der Waals surface area contributed by atoms with Crippen molar-refractivity contribution in [3.63, 3.8) is 0 Å². The van der Waals surface area contributed by atoms with Gasteiger partial charge in [0.2, 0.25) is 0 Å². The van der Waals surface area contributed by atoms with Crippen molar-refractivity contribution in [1.29, 1.82) is 0 Å². The first-order valence-corrected chi connectivity index (χ1v) is 7.17. The van der Waals surface area contributed by atoms with E-state index in [1.807, 2.05) is 10.7 Å². The molecule has 19 heavy (non-hydrogen) atoms. The van der Waals surface area contributed by atoms with Crippen LogP contribution < -0.4 is 0 Å². The Morgan fingerprint density at radius 3 is 3.26 bits per heavy atom. The zero-order chi connectivity index (χ0) is 13.2. The van der Waals surface area contributed by atoms with Gasteiger partial charge in [0.25, 0.3) is 0 Å². The molecule has 0 aliphatic carbocycles. The van der Waals surface area contributed by atoms with Crippen LogP contribution in [0.4, 0.5) is 0 Å². The second-order valence-electron chi connectivity index (χ2n) is 4.64. The van der Waals surface area contributed by atoms with E-state index in [2.05, 4.69) is 21.5 Å². The number of carbonyl (C=O) groups excluding carboxylic acids is 1. The van der Waals surface area contributed by atoms with E-state index in [4.69, 9.17) is 4.74 Å². The molecular formula is C13H15N3O2S. The van der Waals surface area contributed by atoms with Gasteiger partial charge in [-0.3, -0.25) is 4.79 Å². The van der Waals surface area contributed by atoms with Crippen LogP contribution in [-0.4, -0.2) is 27.8 Å². The summed E-state index contributed by atoms with van der Waals surface area (Å²) in [6.45, 7) is 0.583. The summed E-state index contributed by atoms with van der Waals surface area (Å²) in [5.41, 5.74) is 0. The van der Waals surface area contributed by atoms with E-state index in [-0.39, 0.29) is 11.9 Å². The van der Waals surface area contributed by atoms with Gasteiger partial charge in [-0.05, 0) is 17.9 Å². The van der Waals surface area contributed by atoms with Crippen molar-refractivity contribution >= 4 is 17.3 Å². The number of esters is 1. The van der Waals surface area contributed by atoms with E-state index < -0.39 is 0 Å². The topological polar surface area (TPSA) is 57.0 Å². The Hall–Kier alpha value is -1.69. The largest absolute Gasteiger partial charge is 0.469 e. The minimum atomic E-state index is -0.152. The first-order valence-electron chi connectivity index (χ1n) is 6.29. The number of nitrogens with zero attached hydrogens (tertiary/aromatic N) is 3. The van der Waals surface area contributed by atoms with Crippen LogP contribution in [0.1, 0.15) is 22.9 Å². The van der Waals surface area contributed by atoms with Crippen LogP contribution in [0.5, 0.6) is 0 Å². The Morgan fingerprint density at radius 2 is 2.53 bits per heavy atom. The molecule has 0 fully saturated rings. The highest BCUT2D eigenvalue weighted by molar-refractivity contribution is 7.09. The van der Waals surface area contributed by atoms with Crippen molar-refractivity contribution < 1.29 is 9.53 Å². The van der Waals surface area contributed by atoms with Crippen molar-refractivity contribution in [3.8, 4) is 0 Å². The molecule has 0 spiro atoms. The molecule has 6 heteroatoms. The molecule has 0 saturated heterocycles. The van der Waals surface area contributed by atoms with Crippen LogP contribution in [0.15, 0.2) is 17.5 Å². The van der Waals surface area contributed by atoms with Crippen LogP contribution in [-0.2, 0) is 28.9 Å². The number of ether oxygens (including phenoxy) is 1.